The van der Waals surface area contributed by atoms with Crippen LogP contribution in [0.3, 0.4) is 0 Å². The lowest BCUT2D eigenvalue weighted by molar-refractivity contribution is 0.319. The Bertz CT molecular complexity index is 1730. The fourth-order valence-corrected chi connectivity index (χ4v) is 6.92. The maximum atomic E-state index is 14.1. The van der Waals surface area contributed by atoms with E-state index in [4.69, 9.17) is 14.2 Å². The number of rotatable bonds is 9. The third-order valence-corrected chi connectivity index (χ3v) is 9.53. The van der Waals surface area contributed by atoms with Gasteiger partial charge in [0.25, 0.3) is 10.0 Å². The van der Waals surface area contributed by atoms with Crippen molar-refractivity contribution >= 4 is 21.9 Å². The zero-order chi connectivity index (χ0) is 28.8. The summed E-state index contributed by atoms with van der Waals surface area (Å²) in [4.78, 5) is 0.190. The number of benzene rings is 3. The first-order chi connectivity index (χ1) is 19.8. The summed E-state index contributed by atoms with van der Waals surface area (Å²) in [5.41, 5.74) is 3.36. The van der Waals surface area contributed by atoms with Crippen molar-refractivity contribution < 1.29 is 22.6 Å². The van der Waals surface area contributed by atoms with Gasteiger partial charge in [-0.25, -0.2) is 0 Å². The average Bonchev–Trinajstić information content (AvgIpc) is 3.75. The Balaban J connectivity index is 1.60. The van der Waals surface area contributed by atoms with Crippen LogP contribution in [0.2, 0.25) is 0 Å². The van der Waals surface area contributed by atoms with Gasteiger partial charge in [0, 0.05) is 29.0 Å². The largest absolute Gasteiger partial charge is 0.493 e. The highest BCUT2D eigenvalue weighted by molar-refractivity contribution is 7.89. The van der Waals surface area contributed by atoms with Gasteiger partial charge in [0.2, 0.25) is 5.75 Å². The second-order valence-electron chi connectivity index (χ2n) is 10.5. The molecule has 212 valence electrons. The molecule has 4 aromatic rings. The smallest absolute Gasteiger partial charge is 0.283 e. The maximum absolute atomic E-state index is 14.1. The average molecular weight is 572 g/mol. The molecule has 9 heteroatoms. The number of fused-ring (bicyclic) bond motifs is 1. The highest BCUT2D eigenvalue weighted by Gasteiger charge is 2.43. The SMILES string of the molecule is COc1ccc(C2(c3ccccc3)C=Cc3c(NC4CC4)nn(S(=O)(=O)c4ccc(C)cc4)c3C2)c(OC)c1OC. The molecule has 0 saturated heterocycles. The first kappa shape index (κ1) is 27.0. The second kappa shape index (κ2) is 10.3. The normalized spacial score (nSPS) is 18.0. The Labute approximate surface area is 240 Å². The molecule has 0 aliphatic heterocycles. The van der Waals surface area contributed by atoms with E-state index in [1.165, 1.54) is 4.09 Å². The van der Waals surface area contributed by atoms with Crippen LogP contribution >= 0.6 is 0 Å². The van der Waals surface area contributed by atoms with Crippen molar-refractivity contribution in [3.63, 3.8) is 0 Å². The number of aromatic nitrogens is 2. The number of allylic oxidation sites excluding steroid dienone is 1. The molecule has 1 saturated carbocycles. The second-order valence-corrected chi connectivity index (χ2v) is 12.3. The summed E-state index contributed by atoms with van der Waals surface area (Å²) in [6, 6.07) is 21.0. The number of aryl methyl sites for hydroxylation is 1. The molecule has 1 fully saturated rings. The van der Waals surface area contributed by atoms with Gasteiger partial charge in [0.05, 0.1) is 31.9 Å². The van der Waals surface area contributed by atoms with Gasteiger partial charge in [-0.15, -0.1) is 5.10 Å². The zero-order valence-corrected chi connectivity index (χ0v) is 24.4. The summed E-state index contributed by atoms with van der Waals surface area (Å²) in [6.45, 7) is 1.93. The van der Waals surface area contributed by atoms with Gasteiger partial charge < -0.3 is 19.5 Å². The molecule has 6 rings (SSSR count). The molecule has 41 heavy (non-hydrogen) atoms. The fourth-order valence-electron chi connectivity index (χ4n) is 5.59. The van der Waals surface area contributed by atoms with Crippen LogP contribution in [-0.4, -0.2) is 45.0 Å². The molecule has 1 heterocycles. The molecule has 1 aromatic heterocycles. The van der Waals surface area contributed by atoms with Gasteiger partial charge in [-0.2, -0.15) is 12.5 Å². The third kappa shape index (κ3) is 4.54. The highest BCUT2D eigenvalue weighted by atomic mass is 32.2. The number of anilines is 1. The van der Waals surface area contributed by atoms with Gasteiger partial charge in [0.15, 0.2) is 17.3 Å². The molecule has 2 aliphatic rings. The first-order valence-corrected chi connectivity index (χ1v) is 15.0. The lowest BCUT2D eigenvalue weighted by atomic mass is 9.68. The molecule has 2 aliphatic carbocycles. The van der Waals surface area contributed by atoms with E-state index in [0.29, 0.717) is 41.2 Å². The van der Waals surface area contributed by atoms with Crippen molar-refractivity contribution in [1.29, 1.82) is 0 Å². The highest BCUT2D eigenvalue weighted by Crippen LogP contribution is 2.51. The standard InChI is InChI=1S/C32H33N3O5S/c1-21-10-14-24(15-11-21)41(36,37)35-27-20-32(22-8-6-5-7-9-22,19-18-25(27)31(34-35)33-23-12-13-23)26-16-17-28(38-2)30(40-4)29(26)39-3/h5-11,14-19,23H,12-13,20H2,1-4H3,(H,33,34). The molecule has 0 amide bonds. The monoisotopic (exact) mass is 571 g/mol. The fraction of sp³-hybridized carbons (Fsp3) is 0.281. The van der Waals surface area contributed by atoms with E-state index in [2.05, 4.69) is 16.5 Å². The summed E-state index contributed by atoms with van der Waals surface area (Å²) < 4.78 is 46.7. The Hall–Kier alpha value is -4.24. The van der Waals surface area contributed by atoms with Crippen LogP contribution in [0.1, 0.15) is 40.8 Å². The van der Waals surface area contributed by atoms with Crippen molar-refractivity contribution in [2.24, 2.45) is 0 Å². The molecular weight excluding hydrogens is 538 g/mol. The number of nitrogens with zero attached hydrogens (tertiary/aromatic N) is 2. The quantitative estimate of drug-likeness (QED) is 0.280. The molecule has 0 bridgehead atoms. The topological polar surface area (TPSA) is 91.7 Å². The molecule has 0 radical (unpaired) electrons. The maximum Gasteiger partial charge on any atom is 0.283 e. The molecule has 1 atom stereocenters. The molecular formula is C32H33N3O5S. The van der Waals surface area contributed by atoms with Gasteiger partial charge in [-0.05, 0) is 43.5 Å². The Morgan fingerprint density at radius 3 is 2.24 bits per heavy atom. The number of hydrogen-bond acceptors (Lipinski definition) is 7. The van der Waals surface area contributed by atoms with Crippen molar-refractivity contribution in [3.8, 4) is 17.2 Å². The minimum Gasteiger partial charge on any atom is -0.493 e. The van der Waals surface area contributed by atoms with Crippen molar-refractivity contribution in [2.45, 2.75) is 42.5 Å². The number of hydrogen-bond donors (Lipinski definition) is 1. The van der Waals surface area contributed by atoms with Crippen molar-refractivity contribution in [1.82, 2.24) is 9.19 Å². The van der Waals surface area contributed by atoms with Crippen LogP contribution in [0.5, 0.6) is 17.2 Å². The predicted molar refractivity (Wildman–Crippen MR) is 159 cm³/mol. The Morgan fingerprint density at radius 2 is 1.61 bits per heavy atom. The summed E-state index contributed by atoms with van der Waals surface area (Å²) in [5, 5.41) is 8.14. The minimum atomic E-state index is -3.99. The van der Waals surface area contributed by atoms with Crippen molar-refractivity contribution in [3.05, 3.63) is 101 Å². The summed E-state index contributed by atoms with van der Waals surface area (Å²) in [5.74, 6) is 2.11. The summed E-state index contributed by atoms with van der Waals surface area (Å²) in [6.07, 6.45) is 6.50. The van der Waals surface area contributed by atoms with E-state index < -0.39 is 15.4 Å². The van der Waals surface area contributed by atoms with Crippen molar-refractivity contribution in [2.75, 3.05) is 26.6 Å². The first-order valence-electron chi connectivity index (χ1n) is 13.6. The van der Waals surface area contributed by atoms with Gasteiger partial charge >= 0.3 is 0 Å². The molecule has 3 aromatic carbocycles. The molecule has 1 N–H and O–H groups in total. The third-order valence-electron chi connectivity index (χ3n) is 7.91. The Kier molecular flexibility index (Phi) is 6.77. The summed E-state index contributed by atoms with van der Waals surface area (Å²) >= 11 is 0. The van der Waals surface area contributed by atoms with Crippen LogP contribution in [0.25, 0.3) is 6.08 Å². The van der Waals surface area contributed by atoms with Crippen LogP contribution < -0.4 is 19.5 Å². The molecule has 1 unspecified atom stereocenters. The molecule has 0 spiro atoms. The number of nitrogens with one attached hydrogen (secondary N) is 1. The minimum absolute atomic E-state index is 0.190. The lowest BCUT2D eigenvalue weighted by Crippen LogP contribution is -2.33. The van der Waals surface area contributed by atoms with E-state index >= 15 is 0 Å². The van der Waals surface area contributed by atoms with Gasteiger partial charge in [-0.1, -0.05) is 66.2 Å². The van der Waals surface area contributed by atoms with Crippen LogP contribution in [0.4, 0.5) is 5.82 Å². The molecule has 8 nitrogen and oxygen atoms in total. The van der Waals surface area contributed by atoms with Crippen LogP contribution in [0.15, 0.2) is 77.7 Å². The van der Waals surface area contributed by atoms with E-state index in [-0.39, 0.29) is 4.90 Å². The number of ether oxygens (including phenoxy) is 3. The van der Waals surface area contributed by atoms with E-state index in [9.17, 15) is 8.42 Å². The Morgan fingerprint density at radius 1 is 0.902 bits per heavy atom. The summed E-state index contributed by atoms with van der Waals surface area (Å²) in [7, 11) is 0.768. The number of methoxy groups -OCH3 is 3. The lowest BCUT2D eigenvalue weighted by Gasteiger charge is -2.36. The van der Waals surface area contributed by atoms with E-state index in [0.717, 1.165) is 35.1 Å². The van der Waals surface area contributed by atoms with Crippen LogP contribution in [-0.2, 0) is 21.9 Å². The van der Waals surface area contributed by atoms with E-state index in [1.807, 2.05) is 55.5 Å². The predicted octanol–water partition coefficient (Wildman–Crippen LogP) is 5.58. The zero-order valence-electron chi connectivity index (χ0n) is 23.5. The van der Waals surface area contributed by atoms with E-state index in [1.54, 1.807) is 45.6 Å². The van der Waals surface area contributed by atoms with Gasteiger partial charge in [0.1, 0.15) is 0 Å². The van der Waals surface area contributed by atoms with Gasteiger partial charge in [-0.3, -0.25) is 0 Å². The van der Waals surface area contributed by atoms with Crippen LogP contribution in [0, 0.1) is 6.92 Å².